The number of benzene rings is 2. The number of nitrogens with one attached hydrogen (secondary N) is 1. The Bertz CT molecular complexity index is 1110. The van der Waals surface area contributed by atoms with Gasteiger partial charge in [0, 0.05) is 40.4 Å². The van der Waals surface area contributed by atoms with Crippen LogP contribution in [-0.4, -0.2) is 23.8 Å². The molecule has 2 aliphatic rings. The minimum absolute atomic E-state index is 0.108. The third kappa shape index (κ3) is 2.51. The molecule has 1 N–H and O–H groups in total. The fourth-order valence-corrected chi connectivity index (χ4v) is 3.86. The van der Waals surface area contributed by atoms with Crippen LogP contribution >= 0.6 is 0 Å². The van der Waals surface area contributed by atoms with Gasteiger partial charge in [0.15, 0.2) is 5.78 Å². The normalized spacial score (nSPS) is 17.8. The Kier molecular flexibility index (Phi) is 4.07. The van der Waals surface area contributed by atoms with Crippen LogP contribution in [0, 0.1) is 10.1 Å². The van der Waals surface area contributed by atoms with Gasteiger partial charge in [0.2, 0.25) is 0 Å². The number of ether oxygens (including phenoxy) is 1. The number of hydrogen-bond acceptors (Lipinski definition) is 6. The van der Waals surface area contributed by atoms with Gasteiger partial charge in [0.25, 0.3) is 5.69 Å². The van der Waals surface area contributed by atoms with E-state index in [4.69, 9.17) is 4.74 Å². The van der Waals surface area contributed by atoms with Gasteiger partial charge in [-0.2, -0.15) is 0 Å². The maximum atomic E-state index is 13.2. The Morgan fingerprint density at radius 2 is 1.86 bits per heavy atom. The van der Waals surface area contributed by atoms with Crippen molar-refractivity contribution in [2.24, 2.45) is 0 Å². The van der Waals surface area contributed by atoms with Crippen LogP contribution in [0.25, 0.3) is 5.70 Å². The van der Waals surface area contributed by atoms with Gasteiger partial charge in [0.05, 0.1) is 23.3 Å². The molecule has 7 heteroatoms. The van der Waals surface area contributed by atoms with E-state index in [1.54, 1.807) is 31.2 Å². The molecule has 1 unspecified atom stereocenters. The smallest absolute Gasteiger partial charge is 0.336 e. The Hall–Kier alpha value is -3.74. The average Bonchev–Trinajstić information content (AvgIpc) is 2.98. The van der Waals surface area contributed by atoms with Crippen LogP contribution in [0.5, 0.6) is 0 Å². The molecule has 2 aromatic carbocycles. The van der Waals surface area contributed by atoms with Gasteiger partial charge < -0.3 is 10.1 Å². The van der Waals surface area contributed by atoms with E-state index in [-0.39, 0.29) is 17.0 Å². The maximum absolute atomic E-state index is 13.2. The Morgan fingerprint density at radius 1 is 1.14 bits per heavy atom. The summed E-state index contributed by atoms with van der Waals surface area (Å²) >= 11 is 0. The van der Waals surface area contributed by atoms with Crippen LogP contribution in [0.15, 0.2) is 65.4 Å². The van der Waals surface area contributed by atoms with Crippen LogP contribution < -0.4 is 5.32 Å². The van der Waals surface area contributed by atoms with Crippen molar-refractivity contribution in [1.82, 2.24) is 5.32 Å². The van der Waals surface area contributed by atoms with Crippen LogP contribution in [0.3, 0.4) is 0 Å². The standard InChI is InChI=1S/C21H16N2O5/c1-11-16(21(25)28-2)17(12-6-5-7-13(10-12)23(26)27)18-19(22-11)14-8-3-4-9-15(14)20(18)24/h3-10,17,22H,1-2H3. The third-order valence-electron chi connectivity index (χ3n) is 5.07. The molecular weight excluding hydrogens is 360 g/mol. The number of methoxy groups -OCH3 is 1. The average molecular weight is 376 g/mol. The number of non-ortho nitro benzene ring substituents is 1. The highest BCUT2D eigenvalue weighted by molar-refractivity contribution is 6.23. The van der Waals surface area contributed by atoms with Crippen molar-refractivity contribution in [1.29, 1.82) is 0 Å². The first kappa shape index (κ1) is 17.7. The zero-order valence-corrected chi connectivity index (χ0v) is 15.2. The Balaban J connectivity index is 1.97. The van der Waals surface area contributed by atoms with Crippen molar-refractivity contribution in [3.05, 3.63) is 92.2 Å². The molecule has 28 heavy (non-hydrogen) atoms. The van der Waals surface area contributed by atoms with Gasteiger partial charge in [-0.3, -0.25) is 14.9 Å². The third-order valence-corrected chi connectivity index (χ3v) is 5.07. The van der Waals surface area contributed by atoms with Gasteiger partial charge in [-0.1, -0.05) is 36.4 Å². The van der Waals surface area contributed by atoms with Gasteiger partial charge in [-0.25, -0.2) is 4.79 Å². The zero-order valence-electron chi connectivity index (χ0n) is 15.2. The molecule has 1 heterocycles. The predicted octanol–water partition coefficient (Wildman–Crippen LogP) is 3.34. The molecule has 1 aliphatic heterocycles. The van der Waals surface area contributed by atoms with Gasteiger partial charge in [-0.15, -0.1) is 0 Å². The van der Waals surface area contributed by atoms with E-state index in [9.17, 15) is 19.7 Å². The number of nitro benzene ring substituents is 1. The number of nitrogens with zero attached hydrogens (tertiary/aromatic N) is 1. The molecule has 2 aromatic rings. The van der Waals surface area contributed by atoms with Gasteiger partial charge in [0.1, 0.15) is 0 Å². The molecule has 0 amide bonds. The van der Waals surface area contributed by atoms with Crippen LogP contribution in [0.2, 0.25) is 0 Å². The summed E-state index contributed by atoms with van der Waals surface area (Å²) in [6, 6.07) is 13.2. The summed E-state index contributed by atoms with van der Waals surface area (Å²) in [5.41, 5.74) is 3.51. The Labute approximate surface area is 160 Å². The second kappa shape index (κ2) is 6.45. The lowest BCUT2D eigenvalue weighted by Crippen LogP contribution is -2.29. The highest BCUT2D eigenvalue weighted by Gasteiger charge is 2.43. The zero-order chi connectivity index (χ0) is 20.0. The molecule has 0 aromatic heterocycles. The number of hydrogen-bond donors (Lipinski definition) is 1. The number of fused-ring (bicyclic) bond motifs is 2. The van der Waals surface area contributed by atoms with Gasteiger partial charge in [-0.05, 0) is 12.5 Å². The van der Waals surface area contributed by atoms with E-state index in [1.807, 2.05) is 12.1 Å². The number of esters is 1. The highest BCUT2D eigenvalue weighted by atomic mass is 16.6. The van der Waals surface area contributed by atoms with Crippen molar-refractivity contribution in [2.75, 3.05) is 7.11 Å². The molecule has 0 radical (unpaired) electrons. The summed E-state index contributed by atoms with van der Waals surface area (Å²) in [5, 5.41) is 14.4. The minimum Gasteiger partial charge on any atom is -0.466 e. The van der Waals surface area contributed by atoms with E-state index in [2.05, 4.69) is 5.32 Å². The maximum Gasteiger partial charge on any atom is 0.336 e. The fraction of sp³-hybridized carbons (Fsp3) is 0.143. The molecule has 140 valence electrons. The molecule has 0 bridgehead atoms. The lowest BCUT2D eigenvalue weighted by Gasteiger charge is -2.28. The lowest BCUT2D eigenvalue weighted by atomic mass is 9.79. The molecule has 1 atom stereocenters. The first-order valence-corrected chi connectivity index (χ1v) is 8.62. The molecule has 0 saturated carbocycles. The van der Waals surface area contributed by atoms with Crippen molar-refractivity contribution >= 4 is 23.1 Å². The largest absolute Gasteiger partial charge is 0.466 e. The second-order valence-corrected chi connectivity index (χ2v) is 6.60. The number of dihydropyridines is 1. The fourth-order valence-electron chi connectivity index (χ4n) is 3.86. The van der Waals surface area contributed by atoms with Crippen molar-refractivity contribution in [3.8, 4) is 0 Å². The van der Waals surface area contributed by atoms with Crippen LogP contribution in [0.1, 0.15) is 34.3 Å². The van der Waals surface area contributed by atoms with Crippen LogP contribution in [-0.2, 0) is 9.53 Å². The number of carbonyl (C=O) groups excluding carboxylic acids is 2. The van der Waals surface area contributed by atoms with Crippen molar-refractivity contribution < 1.29 is 19.2 Å². The number of rotatable bonds is 3. The van der Waals surface area contributed by atoms with Crippen molar-refractivity contribution in [3.63, 3.8) is 0 Å². The topological polar surface area (TPSA) is 98.5 Å². The lowest BCUT2D eigenvalue weighted by molar-refractivity contribution is -0.384. The van der Waals surface area contributed by atoms with Crippen LogP contribution in [0.4, 0.5) is 5.69 Å². The molecule has 0 spiro atoms. The summed E-state index contributed by atoms with van der Waals surface area (Å²) in [6.45, 7) is 1.73. The number of carbonyl (C=O) groups is 2. The molecule has 4 rings (SSSR count). The molecule has 7 nitrogen and oxygen atoms in total. The molecule has 0 fully saturated rings. The SMILES string of the molecule is COC(=O)C1=C(C)NC2=C(C(=O)c3ccccc32)C1c1cccc([N+](=O)[O-])c1. The first-order chi connectivity index (χ1) is 13.4. The van der Waals surface area contributed by atoms with E-state index in [0.29, 0.717) is 28.1 Å². The number of nitro groups is 1. The number of allylic oxidation sites excluding steroid dienone is 2. The van der Waals surface area contributed by atoms with E-state index < -0.39 is 16.8 Å². The predicted molar refractivity (Wildman–Crippen MR) is 101 cm³/mol. The van der Waals surface area contributed by atoms with E-state index >= 15 is 0 Å². The summed E-state index contributed by atoms with van der Waals surface area (Å²) < 4.78 is 4.95. The summed E-state index contributed by atoms with van der Waals surface area (Å²) in [6.07, 6.45) is 0. The molecule has 0 saturated heterocycles. The Morgan fingerprint density at radius 3 is 2.54 bits per heavy atom. The first-order valence-electron chi connectivity index (χ1n) is 8.62. The van der Waals surface area contributed by atoms with Crippen molar-refractivity contribution in [2.45, 2.75) is 12.8 Å². The summed E-state index contributed by atoms with van der Waals surface area (Å²) in [7, 11) is 1.27. The van der Waals surface area contributed by atoms with Gasteiger partial charge >= 0.3 is 5.97 Å². The summed E-state index contributed by atoms with van der Waals surface area (Å²) in [5.74, 6) is -1.55. The molecule has 1 aliphatic carbocycles. The second-order valence-electron chi connectivity index (χ2n) is 6.60. The monoisotopic (exact) mass is 376 g/mol. The quantitative estimate of drug-likeness (QED) is 0.501. The number of ketones is 1. The highest BCUT2D eigenvalue weighted by Crippen LogP contribution is 2.47. The minimum atomic E-state index is -0.761. The summed E-state index contributed by atoms with van der Waals surface area (Å²) in [4.78, 5) is 36.5. The number of Topliss-reactive ketones (excluding diaryl/α,β-unsaturated/α-hetero) is 1. The van der Waals surface area contributed by atoms with E-state index in [0.717, 1.165) is 5.56 Å². The molecular formula is C21H16N2O5. The van der Waals surface area contributed by atoms with E-state index in [1.165, 1.54) is 19.2 Å².